The van der Waals surface area contributed by atoms with Crippen LogP contribution in [0, 0.1) is 5.82 Å². The van der Waals surface area contributed by atoms with Crippen LogP contribution in [0.3, 0.4) is 0 Å². The number of aryl methyl sites for hydroxylation is 1. The van der Waals surface area contributed by atoms with Gasteiger partial charge in [0, 0.05) is 25.5 Å². The van der Waals surface area contributed by atoms with Crippen LogP contribution < -0.4 is 5.32 Å². The van der Waals surface area contributed by atoms with Gasteiger partial charge in [-0.3, -0.25) is 4.79 Å². The number of carbonyl (C=O) groups excluding carboxylic acids is 1. The summed E-state index contributed by atoms with van der Waals surface area (Å²) < 4.78 is 15.5. The third-order valence-corrected chi connectivity index (χ3v) is 5.48. The molecule has 3 aromatic rings. The summed E-state index contributed by atoms with van der Waals surface area (Å²) >= 11 is 5.78. The van der Waals surface area contributed by atoms with Gasteiger partial charge in [0.1, 0.15) is 5.82 Å². The first-order chi connectivity index (χ1) is 13.8. The molecule has 6 nitrogen and oxygen atoms in total. The molecule has 1 heterocycles. The Labute approximate surface area is 172 Å². The second kappa shape index (κ2) is 7.24. The van der Waals surface area contributed by atoms with E-state index in [1.54, 1.807) is 10.7 Å². The fraction of sp³-hybridized carbons (Fsp3) is 0.286. The molecule has 0 saturated carbocycles. The Morgan fingerprint density at radius 1 is 1.38 bits per heavy atom. The van der Waals surface area contributed by atoms with Crippen molar-refractivity contribution in [2.45, 2.75) is 38.5 Å². The molecule has 0 aliphatic heterocycles. The minimum atomic E-state index is -1.43. The van der Waals surface area contributed by atoms with Gasteiger partial charge in [-0.15, -0.1) is 0 Å². The lowest BCUT2D eigenvalue weighted by Gasteiger charge is -2.23. The lowest BCUT2D eigenvalue weighted by atomic mass is 9.95. The average Bonchev–Trinajstić information content (AvgIpc) is 3.25. The lowest BCUT2D eigenvalue weighted by molar-refractivity contribution is -0.119. The van der Waals surface area contributed by atoms with E-state index < -0.39 is 11.4 Å². The van der Waals surface area contributed by atoms with Crippen molar-refractivity contribution in [1.82, 2.24) is 20.1 Å². The number of fused-ring (bicyclic) bond motifs is 1. The fourth-order valence-electron chi connectivity index (χ4n) is 3.90. The van der Waals surface area contributed by atoms with E-state index in [2.05, 4.69) is 15.4 Å². The van der Waals surface area contributed by atoms with E-state index in [4.69, 9.17) is 11.6 Å². The summed E-state index contributed by atoms with van der Waals surface area (Å²) in [5.41, 5.74) is 0.550. The summed E-state index contributed by atoms with van der Waals surface area (Å²) in [5, 5.41) is 19.1. The first-order valence-corrected chi connectivity index (χ1v) is 9.71. The first-order valence-electron chi connectivity index (χ1n) is 9.33. The van der Waals surface area contributed by atoms with Crippen molar-refractivity contribution in [3.63, 3.8) is 0 Å². The van der Waals surface area contributed by atoms with Crippen LogP contribution in [-0.4, -0.2) is 25.8 Å². The molecule has 0 unspecified atom stereocenters. The molecule has 150 valence electrons. The maximum atomic E-state index is 13.9. The number of hydrogen-bond acceptors (Lipinski definition) is 4. The van der Waals surface area contributed by atoms with Crippen molar-refractivity contribution < 1.29 is 14.3 Å². The molecule has 0 saturated heterocycles. The molecular weight excluding hydrogens is 395 g/mol. The molecule has 4 rings (SSSR count). The van der Waals surface area contributed by atoms with Gasteiger partial charge in [0.25, 0.3) is 0 Å². The standard InChI is InChI=1S/C21H20ClFN4O2/c1-3-27-20(25-19(26-27)13-8-9-16(22)17(23)10-13)21(29)11-18(24-12(2)28)14-6-4-5-7-15(14)21/h4-10,18,29H,3,11H2,1-2H3,(H,24,28)/t18-,21+/m1/s1. The van der Waals surface area contributed by atoms with Crippen LogP contribution >= 0.6 is 11.6 Å². The van der Waals surface area contributed by atoms with Gasteiger partial charge in [0.05, 0.1) is 11.1 Å². The number of rotatable bonds is 4. The minimum Gasteiger partial charge on any atom is -0.377 e. The van der Waals surface area contributed by atoms with E-state index in [1.165, 1.54) is 19.1 Å². The van der Waals surface area contributed by atoms with Crippen LogP contribution in [0.2, 0.25) is 5.02 Å². The highest BCUT2D eigenvalue weighted by Gasteiger charge is 2.47. The zero-order chi connectivity index (χ0) is 20.8. The second-order valence-electron chi connectivity index (χ2n) is 7.11. The van der Waals surface area contributed by atoms with E-state index in [1.807, 2.05) is 31.2 Å². The van der Waals surface area contributed by atoms with Crippen LogP contribution in [0.5, 0.6) is 0 Å². The molecule has 2 aromatic carbocycles. The van der Waals surface area contributed by atoms with Gasteiger partial charge in [-0.25, -0.2) is 14.1 Å². The molecule has 8 heteroatoms. The Hall–Kier alpha value is -2.77. The summed E-state index contributed by atoms with van der Waals surface area (Å²) in [5.74, 6) is -0.0884. The van der Waals surface area contributed by atoms with Gasteiger partial charge in [0.2, 0.25) is 5.91 Å². The highest BCUT2D eigenvalue weighted by atomic mass is 35.5. The lowest BCUT2D eigenvalue weighted by Crippen LogP contribution is -2.31. The van der Waals surface area contributed by atoms with E-state index in [0.717, 1.165) is 5.56 Å². The summed E-state index contributed by atoms with van der Waals surface area (Å²) in [4.78, 5) is 16.2. The highest BCUT2D eigenvalue weighted by molar-refractivity contribution is 6.30. The van der Waals surface area contributed by atoms with Crippen LogP contribution in [0.15, 0.2) is 42.5 Å². The van der Waals surface area contributed by atoms with Gasteiger partial charge < -0.3 is 10.4 Å². The van der Waals surface area contributed by atoms with E-state index in [0.29, 0.717) is 29.3 Å². The van der Waals surface area contributed by atoms with Crippen LogP contribution in [0.25, 0.3) is 11.4 Å². The van der Waals surface area contributed by atoms with Crippen molar-refractivity contribution in [2.75, 3.05) is 0 Å². The Balaban J connectivity index is 1.82. The number of halogens is 2. The number of amides is 1. The molecule has 1 aliphatic rings. The number of hydrogen-bond donors (Lipinski definition) is 2. The quantitative estimate of drug-likeness (QED) is 0.684. The molecule has 1 aromatic heterocycles. The summed E-state index contributed by atoms with van der Waals surface area (Å²) in [6.45, 7) is 3.80. The molecule has 1 amide bonds. The number of nitrogens with zero attached hydrogens (tertiary/aromatic N) is 3. The molecule has 2 N–H and O–H groups in total. The van der Waals surface area contributed by atoms with Crippen molar-refractivity contribution >= 4 is 17.5 Å². The van der Waals surface area contributed by atoms with E-state index in [9.17, 15) is 14.3 Å². The van der Waals surface area contributed by atoms with Gasteiger partial charge in [-0.2, -0.15) is 5.10 Å². The molecule has 0 bridgehead atoms. The van der Waals surface area contributed by atoms with Crippen LogP contribution in [-0.2, 0) is 16.9 Å². The zero-order valence-corrected chi connectivity index (χ0v) is 16.7. The number of nitrogens with one attached hydrogen (secondary N) is 1. The largest absolute Gasteiger partial charge is 0.377 e. The average molecular weight is 415 g/mol. The number of aromatic nitrogens is 3. The molecule has 2 atom stereocenters. The van der Waals surface area contributed by atoms with Gasteiger partial charge in [0.15, 0.2) is 17.2 Å². The van der Waals surface area contributed by atoms with Crippen molar-refractivity contribution in [1.29, 1.82) is 0 Å². The zero-order valence-electron chi connectivity index (χ0n) is 16.0. The molecular formula is C21H20ClFN4O2. The van der Waals surface area contributed by atoms with Crippen LogP contribution in [0.1, 0.15) is 43.3 Å². The third kappa shape index (κ3) is 3.30. The topological polar surface area (TPSA) is 80.0 Å². The van der Waals surface area contributed by atoms with Gasteiger partial charge in [-0.05, 0) is 36.2 Å². The molecule has 29 heavy (non-hydrogen) atoms. The Bertz CT molecular complexity index is 1100. The molecule has 0 spiro atoms. The summed E-state index contributed by atoms with van der Waals surface area (Å²) in [7, 11) is 0. The fourth-order valence-corrected chi connectivity index (χ4v) is 4.02. The molecule has 1 aliphatic carbocycles. The SMILES string of the molecule is CCn1nc(-c2ccc(Cl)c(F)c2)nc1[C@]1(O)C[C@@H](NC(C)=O)c2ccccc21. The van der Waals surface area contributed by atoms with Gasteiger partial charge >= 0.3 is 0 Å². The Morgan fingerprint density at radius 2 is 2.14 bits per heavy atom. The predicted octanol–water partition coefficient (Wildman–Crippen LogP) is 3.57. The number of benzene rings is 2. The Kier molecular flexibility index (Phi) is 4.88. The van der Waals surface area contributed by atoms with E-state index >= 15 is 0 Å². The van der Waals surface area contributed by atoms with Crippen molar-refractivity contribution in [2.24, 2.45) is 0 Å². The first kappa shape index (κ1) is 19.5. The minimum absolute atomic E-state index is 0.0189. The normalized spacial score (nSPS) is 20.5. The van der Waals surface area contributed by atoms with E-state index in [-0.39, 0.29) is 23.4 Å². The smallest absolute Gasteiger partial charge is 0.217 e. The predicted molar refractivity (Wildman–Crippen MR) is 107 cm³/mol. The monoisotopic (exact) mass is 414 g/mol. The Morgan fingerprint density at radius 3 is 2.83 bits per heavy atom. The highest BCUT2D eigenvalue weighted by Crippen LogP contribution is 2.47. The van der Waals surface area contributed by atoms with Crippen LogP contribution in [0.4, 0.5) is 4.39 Å². The maximum Gasteiger partial charge on any atom is 0.217 e. The van der Waals surface area contributed by atoms with Crippen molar-refractivity contribution in [3.05, 3.63) is 70.3 Å². The third-order valence-electron chi connectivity index (χ3n) is 5.18. The van der Waals surface area contributed by atoms with Gasteiger partial charge in [-0.1, -0.05) is 35.9 Å². The molecule has 0 fully saturated rings. The number of carbonyl (C=O) groups is 1. The second-order valence-corrected chi connectivity index (χ2v) is 7.52. The van der Waals surface area contributed by atoms with Crippen molar-refractivity contribution in [3.8, 4) is 11.4 Å². The summed E-state index contributed by atoms with van der Waals surface area (Å²) in [6, 6.07) is 11.4. The summed E-state index contributed by atoms with van der Waals surface area (Å²) in [6.07, 6.45) is 0.235. The maximum absolute atomic E-state index is 13.9. The number of aliphatic hydroxyl groups is 1. The molecule has 0 radical (unpaired) electrons.